The molecule has 0 saturated carbocycles. The van der Waals surface area contributed by atoms with Gasteiger partial charge in [0.1, 0.15) is 0 Å². The van der Waals surface area contributed by atoms with Gasteiger partial charge < -0.3 is 10.5 Å². The van der Waals surface area contributed by atoms with E-state index in [0.717, 1.165) is 12.8 Å². The summed E-state index contributed by atoms with van der Waals surface area (Å²) in [7, 11) is -3.53. The third-order valence-electron chi connectivity index (χ3n) is 4.07. The Labute approximate surface area is 126 Å². The van der Waals surface area contributed by atoms with E-state index in [1.54, 1.807) is 26.0 Å². The fraction of sp³-hybridized carbons (Fsp3) is 0.600. The number of sulfonamides is 1. The van der Waals surface area contributed by atoms with Crippen LogP contribution >= 0.6 is 0 Å². The molecule has 1 atom stereocenters. The van der Waals surface area contributed by atoms with Gasteiger partial charge in [0, 0.05) is 24.9 Å². The van der Waals surface area contributed by atoms with E-state index < -0.39 is 10.0 Å². The van der Waals surface area contributed by atoms with Crippen molar-refractivity contribution >= 4 is 15.7 Å². The smallest absolute Gasteiger partial charge is 0.241 e. The number of hydrogen-bond acceptors (Lipinski definition) is 4. The average Bonchev–Trinajstić information content (AvgIpc) is 2.37. The van der Waals surface area contributed by atoms with Crippen molar-refractivity contribution in [2.45, 2.75) is 44.6 Å². The van der Waals surface area contributed by atoms with Gasteiger partial charge >= 0.3 is 0 Å². The van der Waals surface area contributed by atoms with Crippen LogP contribution in [-0.2, 0) is 14.8 Å². The first-order chi connectivity index (χ1) is 9.81. The van der Waals surface area contributed by atoms with E-state index in [1.807, 2.05) is 6.92 Å². The minimum Gasteiger partial charge on any atom is -0.399 e. The molecule has 1 fully saturated rings. The number of ether oxygens (including phenoxy) is 1. The maximum absolute atomic E-state index is 12.7. The molecule has 5 nitrogen and oxygen atoms in total. The lowest BCUT2D eigenvalue weighted by Crippen LogP contribution is -2.40. The van der Waals surface area contributed by atoms with Gasteiger partial charge in [0.25, 0.3) is 0 Å². The molecular formula is C15H24N2O3S. The van der Waals surface area contributed by atoms with Crippen LogP contribution in [0.4, 0.5) is 5.69 Å². The van der Waals surface area contributed by atoms with Crippen molar-refractivity contribution in [3.8, 4) is 0 Å². The largest absolute Gasteiger partial charge is 0.399 e. The standard InChI is InChI=1S/C15H24N2O3S/c1-10-8-14(16)9-11(2)15(10)21(18,19)17-12(3)13-4-6-20-7-5-13/h8-9,12-13,17H,4-7,16H2,1-3H3. The molecule has 0 aliphatic carbocycles. The highest BCUT2D eigenvalue weighted by atomic mass is 32.2. The van der Waals surface area contributed by atoms with Gasteiger partial charge in [-0.3, -0.25) is 0 Å². The van der Waals surface area contributed by atoms with Gasteiger partial charge in [-0.15, -0.1) is 0 Å². The zero-order valence-corrected chi connectivity index (χ0v) is 13.7. The second kappa shape index (κ2) is 6.34. The minimum absolute atomic E-state index is 0.102. The van der Waals surface area contributed by atoms with E-state index >= 15 is 0 Å². The van der Waals surface area contributed by atoms with Crippen LogP contribution in [0.3, 0.4) is 0 Å². The first-order valence-corrected chi connectivity index (χ1v) is 8.76. The summed E-state index contributed by atoms with van der Waals surface area (Å²) in [4.78, 5) is 0.343. The molecule has 1 aromatic carbocycles. The molecule has 1 saturated heterocycles. The summed E-state index contributed by atoms with van der Waals surface area (Å²) in [5, 5.41) is 0. The molecule has 118 valence electrons. The third kappa shape index (κ3) is 3.75. The maximum atomic E-state index is 12.7. The van der Waals surface area contributed by atoms with Gasteiger partial charge in [-0.1, -0.05) is 0 Å². The molecule has 6 heteroatoms. The van der Waals surface area contributed by atoms with Gasteiger partial charge in [0.05, 0.1) is 4.90 Å². The van der Waals surface area contributed by atoms with E-state index in [-0.39, 0.29) is 6.04 Å². The van der Waals surface area contributed by atoms with Crippen molar-refractivity contribution in [2.75, 3.05) is 18.9 Å². The topological polar surface area (TPSA) is 81.4 Å². The fourth-order valence-electron chi connectivity index (χ4n) is 3.02. The molecule has 1 aliphatic heterocycles. The molecule has 0 amide bonds. The summed E-state index contributed by atoms with van der Waals surface area (Å²) in [5.74, 6) is 0.322. The number of aryl methyl sites for hydroxylation is 2. The van der Waals surface area contributed by atoms with Crippen LogP contribution in [0.2, 0.25) is 0 Å². The van der Waals surface area contributed by atoms with Gasteiger partial charge in [-0.05, 0) is 62.8 Å². The molecule has 1 unspecified atom stereocenters. The highest BCUT2D eigenvalue weighted by Gasteiger charge is 2.27. The fourth-order valence-corrected chi connectivity index (χ4v) is 4.79. The lowest BCUT2D eigenvalue weighted by Gasteiger charge is -2.28. The monoisotopic (exact) mass is 312 g/mol. The van der Waals surface area contributed by atoms with Gasteiger partial charge in [-0.2, -0.15) is 0 Å². The van der Waals surface area contributed by atoms with E-state index in [2.05, 4.69) is 4.72 Å². The van der Waals surface area contributed by atoms with Gasteiger partial charge in [0.15, 0.2) is 0 Å². The zero-order valence-electron chi connectivity index (χ0n) is 12.8. The molecule has 21 heavy (non-hydrogen) atoms. The van der Waals surface area contributed by atoms with Crippen LogP contribution in [0.15, 0.2) is 17.0 Å². The maximum Gasteiger partial charge on any atom is 0.241 e. The summed E-state index contributed by atoms with van der Waals surface area (Å²) in [6.45, 7) is 6.89. The molecule has 1 aromatic rings. The third-order valence-corrected chi connectivity index (χ3v) is 5.93. The normalized spacial score (nSPS) is 18.6. The second-order valence-corrected chi connectivity index (χ2v) is 7.49. The van der Waals surface area contributed by atoms with Gasteiger partial charge in [0.2, 0.25) is 10.0 Å². The Bertz CT molecular complexity index is 584. The van der Waals surface area contributed by atoms with E-state index in [0.29, 0.717) is 40.8 Å². The van der Waals surface area contributed by atoms with Crippen LogP contribution in [0, 0.1) is 19.8 Å². The Morgan fingerprint density at radius 1 is 1.24 bits per heavy atom. The molecule has 1 heterocycles. The Balaban J connectivity index is 2.22. The first kappa shape index (κ1) is 16.3. The van der Waals surface area contributed by atoms with Crippen molar-refractivity contribution in [1.29, 1.82) is 0 Å². The Morgan fingerprint density at radius 3 is 2.29 bits per heavy atom. The SMILES string of the molecule is Cc1cc(N)cc(C)c1S(=O)(=O)NC(C)C1CCOCC1. The number of nitrogens with two attached hydrogens (primary N) is 1. The van der Waals surface area contributed by atoms with E-state index in [9.17, 15) is 8.42 Å². The Hall–Kier alpha value is -1.11. The van der Waals surface area contributed by atoms with Crippen molar-refractivity contribution < 1.29 is 13.2 Å². The Kier molecular flexibility index (Phi) is 4.91. The summed E-state index contributed by atoms with van der Waals surface area (Å²) in [6.07, 6.45) is 1.78. The lowest BCUT2D eigenvalue weighted by atomic mass is 9.94. The molecule has 1 aliphatic rings. The molecule has 2 rings (SSSR count). The zero-order chi connectivity index (χ0) is 15.6. The Morgan fingerprint density at radius 2 is 1.76 bits per heavy atom. The van der Waals surface area contributed by atoms with Crippen molar-refractivity contribution in [2.24, 2.45) is 5.92 Å². The van der Waals surface area contributed by atoms with Crippen LogP contribution in [0.1, 0.15) is 30.9 Å². The molecule has 0 spiro atoms. The number of hydrogen-bond donors (Lipinski definition) is 2. The molecule has 0 bridgehead atoms. The molecule has 3 N–H and O–H groups in total. The summed E-state index contributed by atoms with van der Waals surface area (Å²) in [5.41, 5.74) is 7.70. The van der Waals surface area contributed by atoms with Crippen molar-refractivity contribution in [3.63, 3.8) is 0 Å². The van der Waals surface area contributed by atoms with Crippen LogP contribution in [0.5, 0.6) is 0 Å². The quantitative estimate of drug-likeness (QED) is 0.833. The summed E-state index contributed by atoms with van der Waals surface area (Å²) in [6, 6.07) is 3.29. The second-order valence-electron chi connectivity index (χ2n) is 5.84. The van der Waals surface area contributed by atoms with E-state index in [1.165, 1.54) is 0 Å². The van der Waals surface area contributed by atoms with Crippen molar-refractivity contribution in [3.05, 3.63) is 23.3 Å². The number of benzene rings is 1. The molecule has 0 aromatic heterocycles. The molecular weight excluding hydrogens is 288 g/mol. The van der Waals surface area contributed by atoms with Gasteiger partial charge in [-0.25, -0.2) is 13.1 Å². The molecule has 0 radical (unpaired) electrons. The highest BCUT2D eigenvalue weighted by Crippen LogP contribution is 2.25. The minimum atomic E-state index is -3.53. The number of nitrogen functional groups attached to an aromatic ring is 1. The van der Waals surface area contributed by atoms with Crippen molar-refractivity contribution in [1.82, 2.24) is 4.72 Å². The van der Waals surface area contributed by atoms with E-state index in [4.69, 9.17) is 10.5 Å². The first-order valence-electron chi connectivity index (χ1n) is 7.28. The number of rotatable bonds is 4. The predicted octanol–water partition coefficient (Wildman–Crippen LogP) is 1.98. The van der Waals surface area contributed by atoms with Crippen LogP contribution in [0.25, 0.3) is 0 Å². The number of anilines is 1. The highest BCUT2D eigenvalue weighted by molar-refractivity contribution is 7.89. The lowest BCUT2D eigenvalue weighted by molar-refractivity contribution is 0.0585. The van der Waals surface area contributed by atoms with Crippen LogP contribution in [-0.4, -0.2) is 27.7 Å². The predicted molar refractivity (Wildman–Crippen MR) is 83.7 cm³/mol. The summed E-state index contributed by atoms with van der Waals surface area (Å²) >= 11 is 0. The average molecular weight is 312 g/mol. The number of nitrogens with one attached hydrogen (secondary N) is 1. The van der Waals surface area contributed by atoms with Crippen LogP contribution < -0.4 is 10.5 Å². The summed E-state index contributed by atoms with van der Waals surface area (Å²) < 4.78 is 33.5.